The first-order valence-electron chi connectivity index (χ1n) is 7.76. The Bertz CT molecular complexity index is 723. The zero-order valence-corrected chi connectivity index (χ0v) is 13.6. The van der Waals surface area contributed by atoms with E-state index in [1.165, 1.54) is 0 Å². The highest BCUT2D eigenvalue weighted by Gasteiger charge is 2.30. The molecule has 2 aromatic carbocycles. The first-order chi connectivity index (χ1) is 10.6. The molecule has 3 nitrogen and oxygen atoms in total. The summed E-state index contributed by atoms with van der Waals surface area (Å²) in [5.74, 6) is 0. The second kappa shape index (κ2) is 6.23. The molecule has 0 spiro atoms. The van der Waals surface area contributed by atoms with Crippen LogP contribution in [0.2, 0.25) is 0 Å². The van der Waals surface area contributed by atoms with Crippen LogP contribution >= 0.6 is 0 Å². The molecule has 0 aromatic heterocycles. The third-order valence-corrected chi connectivity index (χ3v) is 6.34. The standard InChI is InChI=1S/C18H21NO2S/c1-15-7-5-6-14-19(15)22(20,21)18-12-10-17(11-13-18)16-8-3-2-4-9-16/h2-4,8-13,15H,5-7,14H2,1H3. The van der Waals surface area contributed by atoms with Crippen LogP contribution in [0.3, 0.4) is 0 Å². The fourth-order valence-electron chi connectivity index (χ4n) is 3.01. The van der Waals surface area contributed by atoms with Crippen molar-refractivity contribution in [3.05, 3.63) is 54.6 Å². The monoisotopic (exact) mass is 315 g/mol. The van der Waals surface area contributed by atoms with Gasteiger partial charge in [-0.25, -0.2) is 8.42 Å². The Morgan fingerprint density at radius 3 is 2.18 bits per heavy atom. The number of benzene rings is 2. The largest absolute Gasteiger partial charge is 0.243 e. The molecule has 3 rings (SSSR count). The van der Waals surface area contributed by atoms with Crippen LogP contribution in [0, 0.1) is 0 Å². The second-order valence-corrected chi connectivity index (χ2v) is 7.74. The van der Waals surface area contributed by atoms with Crippen LogP contribution in [0.4, 0.5) is 0 Å². The molecule has 0 amide bonds. The highest BCUT2D eigenvalue weighted by molar-refractivity contribution is 7.89. The maximum atomic E-state index is 12.8. The second-order valence-electron chi connectivity index (χ2n) is 5.85. The number of rotatable bonds is 3. The molecular formula is C18H21NO2S. The third kappa shape index (κ3) is 2.94. The Balaban J connectivity index is 1.89. The normalized spacial score (nSPS) is 20.0. The number of piperidine rings is 1. The molecule has 22 heavy (non-hydrogen) atoms. The van der Waals surface area contributed by atoms with Gasteiger partial charge in [0.05, 0.1) is 4.90 Å². The van der Waals surface area contributed by atoms with Gasteiger partial charge in [0, 0.05) is 12.6 Å². The van der Waals surface area contributed by atoms with Crippen molar-refractivity contribution in [3.63, 3.8) is 0 Å². The minimum atomic E-state index is -3.38. The Hall–Kier alpha value is -1.65. The van der Waals surface area contributed by atoms with Gasteiger partial charge >= 0.3 is 0 Å². The summed E-state index contributed by atoms with van der Waals surface area (Å²) in [6, 6.07) is 17.3. The van der Waals surface area contributed by atoms with Crippen LogP contribution in [-0.2, 0) is 10.0 Å². The molecule has 1 unspecified atom stereocenters. The minimum absolute atomic E-state index is 0.0903. The lowest BCUT2D eigenvalue weighted by molar-refractivity contribution is 0.268. The van der Waals surface area contributed by atoms with Gasteiger partial charge in [-0.3, -0.25) is 0 Å². The molecule has 2 aromatic rings. The molecule has 0 radical (unpaired) electrons. The minimum Gasteiger partial charge on any atom is -0.207 e. The molecule has 1 aliphatic heterocycles. The predicted molar refractivity (Wildman–Crippen MR) is 89.1 cm³/mol. The fraction of sp³-hybridized carbons (Fsp3) is 0.333. The summed E-state index contributed by atoms with van der Waals surface area (Å²) in [5, 5.41) is 0. The first-order valence-corrected chi connectivity index (χ1v) is 9.20. The maximum absolute atomic E-state index is 12.8. The highest BCUT2D eigenvalue weighted by Crippen LogP contribution is 2.27. The predicted octanol–water partition coefficient (Wildman–Crippen LogP) is 3.92. The topological polar surface area (TPSA) is 37.4 Å². The van der Waals surface area contributed by atoms with Crippen molar-refractivity contribution < 1.29 is 8.42 Å². The molecule has 116 valence electrons. The summed E-state index contributed by atoms with van der Waals surface area (Å²) in [6.45, 7) is 2.62. The summed E-state index contributed by atoms with van der Waals surface area (Å²) in [4.78, 5) is 0.390. The van der Waals surface area contributed by atoms with Crippen molar-refractivity contribution in [1.29, 1.82) is 0 Å². The van der Waals surface area contributed by atoms with Crippen LogP contribution in [0.25, 0.3) is 11.1 Å². The van der Waals surface area contributed by atoms with Crippen LogP contribution in [0.15, 0.2) is 59.5 Å². The van der Waals surface area contributed by atoms with Gasteiger partial charge in [0.15, 0.2) is 0 Å². The van der Waals surface area contributed by atoms with E-state index in [-0.39, 0.29) is 6.04 Å². The van der Waals surface area contributed by atoms with E-state index in [0.717, 1.165) is 30.4 Å². The molecule has 0 saturated carbocycles. The Labute approximate surface area is 132 Å². The molecular weight excluding hydrogens is 294 g/mol. The Kier molecular flexibility index (Phi) is 4.32. The summed E-state index contributed by atoms with van der Waals surface area (Å²) in [6.07, 6.45) is 3.01. The third-order valence-electron chi connectivity index (χ3n) is 4.31. The fourth-order valence-corrected chi connectivity index (χ4v) is 4.71. The zero-order valence-electron chi connectivity index (χ0n) is 12.8. The van der Waals surface area contributed by atoms with Crippen molar-refractivity contribution in [2.45, 2.75) is 37.1 Å². The SMILES string of the molecule is CC1CCCCN1S(=O)(=O)c1ccc(-c2ccccc2)cc1. The lowest BCUT2D eigenvalue weighted by Crippen LogP contribution is -2.41. The zero-order chi connectivity index (χ0) is 15.6. The lowest BCUT2D eigenvalue weighted by Gasteiger charge is -2.32. The average Bonchev–Trinajstić information content (AvgIpc) is 2.56. The number of sulfonamides is 1. The molecule has 1 saturated heterocycles. The molecule has 1 aliphatic rings. The van der Waals surface area contributed by atoms with Crippen LogP contribution in [0.5, 0.6) is 0 Å². The van der Waals surface area contributed by atoms with Crippen molar-refractivity contribution in [2.24, 2.45) is 0 Å². The van der Waals surface area contributed by atoms with E-state index in [0.29, 0.717) is 11.4 Å². The van der Waals surface area contributed by atoms with Gasteiger partial charge in [-0.1, -0.05) is 48.9 Å². The maximum Gasteiger partial charge on any atom is 0.243 e. The van der Waals surface area contributed by atoms with Crippen LogP contribution in [0.1, 0.15) is 26.2 Å². The van der Waals surface area contributed by atoms with Gasteiger partial charge < -0.3 is 0 Å². The van der Waals surface area contributed by atoms with E-state index in [1.807, 2.05) is 49.4 Å². The molecule has 1 atom stereocenters. The Morgan fingerprint density at radius 2 is 1.55 bits per heavy atom. The van der Waals surface area contributed by atoms with Crippen LogP contribution < -0.4 is 0 Å². The van der Waals surface area contributed by atoms with Crippen molar-refractivity contribution in [3.8, 4) is 11.1 Å². The van der Waals surface area contributed by atoms with Gasteiger partial charge in [0.25, 0.3) is 0 Å². The van der Waals surface area contributed by atoms with E-state index in [1.54, 1.807) is 16.4 Å². The Morgan fingerprint density at radius 1 is 0.909 bits per heavy atom. The summed E-state index contributed by atoms with van der Waals surface area (Å²) in [5.41, 5.74) is 2.13. The molecule has 1 fully saturated rings. The summed E-state index contributed by atoms with van der Waals surface area (Å²) in [7, 11) is -3.38. The first kappa shape index (κ1) is 15.3. The highest BCUT2D eigenvalue weighted by atomic mass is 32.2. The average molecular weight is 315 g/mol. The van der Waals surface area contributed by atoms with Gasteiger partial charge in [-0.15, -0.1) is 0 Å². The van der Waals surface area contributed by atoms with Crippen molar-refractivity contribution in [1.82, 2.24) is 4.31 Å². The van der Waals surface area contributed by atoms with Gasteiger partial charge in [-0.2, -0.15) is 4.31 Å². The molecule has 4 heteroatoms. The van der Waals surface area contributed by atoms with Crippen LogP contribution in [-0.4, -0.2) is 25.3 Å². The molecule has 0 N–H and O–H groups in total. The van der Waals surface area contributed by atoms with Crippen molar-refractivity contribution >= 4 is 10.0 Å². The van der Waals surface area contributed by atoms with Crippen molar-refractivity contribution in [2.75, 3.05) is 6.54 Å². The smallest absolute Gasteiger partial charge is 0.207 e. The van der Waals surface area contributed by atoms with E-state index < -0.39 is 10.0 Å². The number of hydrogen-bond donors (Lipinski definition) is 0. The number of hydrogen-bond acceptors (Lipinski definition) is 2. The van der Waals surface area contributed by atoms with E-state index in [2.05, 4.69) is 0 Å². The van der Waals surface area contributed by atoms with E-state index in [9.17, 15) is 8.42 Å². The van der Waals surface area contributed by atoms with Gasteiger partial charge in [0.1, 0.15) is 0 Å². The quantitative estimate of drug-likeness (QED) is 0.861. The molecule has 1 heterocycles. The summed E-state index contributed by atoms with van der Waals surface area (Å²) >= 11 is 0. The van der Waals surface area contributed by atoms with Gasteiger partial charge in [-0.05, 0) is 43.0 Å². The molecule has 0 bridgehead atoms. The lowest BCUT2D eigenvalue weighted by atomic mass is 10.1. The van der Waals surface area contributed by atoms with E-state index in [4.69, 9.17) is 0 Å². The van der Waals surface area contributed by atoms with E-state index >= 15 is 0 Å². The summed E-state index contributed by atoms with van der Waals surface area (Å²) < 4.78 is 27.2. The molecule has 0 aliphatic carbocycles. The number of nitrogens with zero attached hydrogens (tertiary/aromatic N) is 1. The van der Waals surface area contributed by atoms with Gasteiger partial charge in [0.2, 0.25) is 10.0 Å².